The average Bonchev–Trinajstić information content (AvgIpc) is 2.41. The lowest BCUT2D eigenvalue weighted by molar-refractivity contribution is 1.11. The number of nitrogen functional groups attached to an aromatic ring is 2. The van der Waals surface area contributed by atoms with Crippen molar-refractivity contribution in [3.05, 3.63) is 48.5 Å². The van der Waals surface area contributed by atoms with Gasteiger partial charge in [-0.3, -0.25) is 0 Å². The van der Waals surface area contributed by atoms with Crippen molar-refractivity contribution in [3.63, 3.8) is 0 Å². The number of anilines is 3. The van der Waals surface area contributed by atoms with Crippen LogP contribution in [0.5, 0.6) is 0 Å². The number of hydrogen-bond donors (Lipinski definition) is 4. The number of benzene rings is 2. The highest BCUT2D eigenvalue weighted by atomic mass is 15.5. The molecule has 8 N–H and O–H groups in total. The molecule has 0 saturated carbocycles. The molecule has 0 spiro atoms. The van der Waals surface area contributed by atoms with Crippen LogP contribution in [0.1, 0.15) is 0 Å². The number of para-hydroxylation sites is 4. The molecule has 6 nitrogen and oxygen atoms in total. The fraction of sp³-hybridized carbons (Fsp3) is 0. The molecule has 0 unspecified atom stereocenters. The lowest BCUT2D eigenvalue weighted by Gasteiger charge is -2.19. The summed E-state index contributed by atoms with van der Waals surface area (Å²) in [5.74, 6) is 6.00. The summed E-state index contributed by atoms with van der Waals surface area (Å²) < 4.78 is 0. The smallest absolute Gasteiger partial charge is 0.215 e. The Balaban J connectivity index is 2.32. The Bertz CT molecular complexity index is 608. The molecule has 2 rings (SSSR count). The van der Waals surface area contributed by atoms with Crippen molar-refractivity contribution >= 4 is 28.7 Å². The van der Waals surface area contributed by atoms with Crippen LogP contribution in [-0.2, 0) is 0 Å². The summed E-state index contributed by atoms with van der Waals surface area (Å²) >= 11 is 0. The van der Waals surface area contributed by atoms with Gasteiger partial charge in [-0.05, 0) is 24.3 Å². The second-order valence-corrected chi connectivity index (χ2v) is 3.96. The van der Waals surface area contributed by atoms with Gasteiger partial charge in [0.15, 0.2) is 0 Å². The minimum absolute atomic E-state index is 0.107. The predicted octanol–water partition coefficient (Wildman–Crippen LogP) is 1.18. The third-order valence-corrected chi connectivity index (χ3v) is 2.61. The SMILES string of the molecule is NC(=Nc1ccccc1N)N(N)c1ccccc1N. The monoisotopic (exact) mass is 256 g/mol. The minimum atomic E-state index is 0.107. The van der Waals surface area contributed by atoms with Gasteiger partial charge in [-0.25, -0.2) is 15.8 Å². The molecule has 0 aliphatic carbocycles. The standard InChI is InChI=1S/C13H16N6/c14-9-5-1-3-7-11(9)18-13(16)19(17)12-8-4-2-6-10(12)15/h1-8H,14-15,17H2,(H2,16,18). The van der Waals surface area contributed by atoms with Crippen LogP contribution >= 0.6 is 0 Å². The van der Waals surface area contributed by atoms with Crippen molar-refractivity contribution in [2.24, 2.45) is 16.6 Å². The summed E-state index contributed by atoms with van der Waals surface area (Å²) in [7, 11) is 0. The normalized spacial score (nSPS) is 11.3. The minimum Gasteiger partial charge on any atom is -0.397 e. The molecule has 0 amide bonds. The first-order valence-electron chi connectivity index (χ1n) is 5.67. The van der Waals surface area contributed by atoms with Crippen LogP contribution in [0.15, 0.2) is 53.5 Å². The molecule has 0 aromatic heterocycles. The Morgan fingerprint density at radius 2 is 1.47 bits per heavy atom. The number of rotatable bonds is 2. The quantitative estimate of drug-likeness (QED) is 0.211. The van der Waals surface area contributed by atoms with Crippen molar-refractivity contribution in [2.45, 2.75) is 0 Å². The van der Waals surface area contributed by atoms with Crippen LogP contribution < -0.4 is 28.1 Å². The Morgan fingerprint density at radius 3 is 2.11 bits per heavy atom. The van der Waals surface area contributed by atoms with Crippen LogP contribution in [0.4, 0.5) is 22.7 Å². The second kappa shape index (κ2) is 5.28. The summed E-state index contributed by atoms with van der Waals surface area (Å²) in [4.78, 5) is 4.19. The molecule has 98 valence electrons. The van der Waals surface area contributed by atoms with Crippen molar-refractivity contribution in [1.29, 1.82) is 0 Å². The zero-order valence-corrected chi connectivity index (χ0v) is 10.3. The zero-order valence-electron chi connectivity index (χ0n) is 10.3. The van der Waals surface area contributed by atoms with E-state index >= 15 is 0 Å². The average molecular weight is 256 g/mol. The van der Waals surface area contributed by atoms with Gasteiger partial charge in [-0.15, -0.1) is 0 Å². The van der Waals surface area contributed by atoms with Crippen molar-refractivity contribution in [3.8, 4) is 0 Å². The van der Waals surface area contributed by atoms with E-state index in [0.717, 1.165) is 0 Å². The van der Waals surface area contributed by atoms with Gasteiger partial charge in [0, 0.05) is 0 Å². The number of hydrazine groups is 1. The molecule has 2 aromatic carbocycles. The molecule has 19 heavy (non-hydrogen) atoms. The third kappa shape index (κ3) is 2.75. The number of nitrogens with two attached hydrogens (primary N) is 4. The maximum Gasteiger partial charge on any atom is 0.215 e. The fourth-order valence-corrected chi connectivity index (χ4v) is 1.60. The van der Waals surface area contributed by atoms with E-state index in [9.17, 15) is 0 Å². The predicted molar refractivity (Wildman–Crippen MR) is 79.7 cm³/mol. The molecule has 0 aliphatic heterocycles. The zero-order chi connectivity index (χ0) is 13.8. The van der Waals surface area contributed by atoms with Crippen LogP contribution in [0.2, 0.25) is 0 Å². The number of aliphatic imine (C=N–C) groups is 1. The van der Waals surface area contributed by atoms with Gasteiger partial charge in [0.2, 0.25) is 5.96 Å². The summed E-state index contributed by atoms with van der Waals surface area (Å²) in [5.41, 5.74) is 19.7. The lowest BCUT2D eigenvalue weighted by atomic mass is 10.2. The summed E-state index contributed by atoms with van der Waals surface area (Å²) in [6.45, 7) is 0. The van der Waals surface area contributed by atoms with E-state index < -0.39 is 0 Å². The highest BCUT2D eigenvalue weighted by Crippen LogP contribution is 2.23. The van der Waals surface area contributed by atoms with E-state index in [1.54, 1.807) is 24.3 Å². The first kappa shape index (κ1) is 12.7. The first-order chi connectivity index (χ1) is 9.09. The lowest BCUT2D eigenvalue weighted by Crippen LogP contribution is -2.43. The van der Waals surface area contributed by atoms with E-state index in [2.05, 4.69) is 4.99 Å². The number of hydrogen-bond acceptors (Lipinski definition) is 4. The molecule has 0 saturated heterocycles. The van der Waals surface area contributed by atoms with Gasteiger partial charge in [-0.1, -0.05) is 24.3 Å². The van der Waals surface area contributed by atoms with Gasteiger partial charge < -0.3 is 17.2 Å². The van der Waals surface area contributed by atoms with Gasteiger partial charge in [-0.2, -0.15) is 0 Å². The van der Waals surface area contributed by atoms with Gasteiger partial charge >= 0.3 is 0 Å². The van der Waals surface area contributed by atoms with Crippen molar-refractivity contribution in [1.82, 2.24) is 0 Å². The van der Waals surface area contributed by atoms with E-state index in [4.69, 9.17) is 23.0 Å². The van der Waals surface area contributed by atoms with Crippen LogP contribution in [0.25, 0.3) is 0 Å². The molecule has 0 radical (unpaired) electrons. The summed E-state index contributed by atoms with van der Waals surface area (Å²) in [5, 5.41) is 1.22. The molecular weight excluding hydrogens is 240 g/mol. The van der Waals surface area contributed by atoms with Crippen molar-refractivity contribution in [2.75, 3.05) is 16.5 Å². The van der Waals surface area contributed by atoms with E-state index in [1.165, 1.54) is 5.01 Å². The highest BCUT2D eigenvalue weighted by Gasteiger charge is 2.09. The van der Waals surface area contributed by atoms with E-state index in [-0.39, 0.29) is 5.96 Å². The van der Waals surface area contributed by atoms with Gasteiger partial charge in [0.1, 0.15) is 0 Å². The molecular formula is C13H16N6. The molecule has 6 heteroatoms. The Morgan fingerprint density at radius 1 is 0.895 bits per heavy atom. The molecule has 0 fully saturated rings. The van der Waals surface area contributed by atoms with Gasteiger partial charge in [0.25, 0.3) is 0 Å². The molecule has 0 atom stereocenters. The van der Waals surface area contributed by atoms with Crippen molar-refractivity contribution < 1.29 is 0 Å². The highest BCUT2D eigenvalue weighted by molar-refractivity contribution is 5.98. The molecule has 2 aromatic rings. The Kier molecular flexibility index (Phi) is 3.53. The number of guanidine groups is 1. The maximum atomic E-state index is 5.89. The van der Waals surface area contributed by atoms with Gasteiger partial charge in [0.05, 0.1) is 22.7 Å². The molecule has 0 bridgehead atoms. The van der Waals surface area contributed by atoms with Crippen LogP contribution in [0.3, 0.4) is 0 Å². The first-order valence-corrected chi connectivity index (χ1v) is 5.67. The number of nitrogens with zero attached hydrogens (tertiary/aromatic N) is 2. The van der Waals surface area contributed by atoms with Crippen LogP contribution in [-0.4, -0.2) is 5.96 Å². The maximum absolute atomic E-state index is 5.89. The largest absolute Gasteiger partial charge is 0.397 e. The van der Waals surface area contributed by atoms with Crippen LogP contribution in [0, 0.1) is 0 Å². The second-order valence-electron chi connectivity index (χ2n) is 3.96. The molecule has 0 heterocycles. The summed E-state index contributed by atoms with van der Waals surface area (Å²) in [6, 6.07) is 14.3. The third-order valence-electron chi connectivity index (χ3n) is 2.61. The topological polar surface area (TPSA) is 120 Å². The fourth-order valence-electron chi connectivity index (χ4n) is 1.60. The Labute approximate surface area is 111 Å². The Hall–Kier alpha value is -2.73. The van der Waals surface area contributed by atoms with E-state index in [1.807, 2.05) is 24.3 Å². The summed E-state index contributed by atoms with van der Waals surface area (Å²) in [6.07, 6.45) is 0. The van der Waals surface area contributed by atoms with E-state index in [0.29, 0.717) is 22.7 Å². The molecule has 0 aliphatic rings.